The van der Waals surface area contributed by atoms with E-state index in [0.717, 1.165) is 10.8 Å². The Morgan fingerprint density at radius 1 is 0.756 bits per heavy atom. The molecule has 3 unspecified atom stereocenters. The first-order valence-electron chi connectivity index (χ1n) is 12.6. The summed E-state index contributed by atoms with van der Waals surface area (Å²) in [5.41, 5.74) is 1.01. The van der Waals surface area contributed by atoms with Crippen molar-refractivity contribution in [2.75, 3.05) is 6.54 Å². The van der Waals surface area contributed by atoms with Gasteiger partial charge in [-0.25, -0.2) is 4.79 Å². The molecule has 4 N–H and O–H groups in total. The standard InChI is InChI=1S/C29H25Cl2NO9/c30-19-8-5-14(12-20(19)31)11-18(41-29(40)17-7-6-15-3-1-2-4-16(15)13-17)9-10-32-25(33)21-22(26(34)35)24(28(38)39)23(21)27(36)37/h1-8,12-13,18,21-24H,9-11H2,(H,32,33)(H,34,35)(H,36,37)(H,38,39). The Labute approximate surface area is 243 Å². The van der Waals surface area contributed by atoms with Crippen LogP contribution in [-0.4, -0.2) is 57.8 Å². The highest BCUT2D eigenvalue weighted by Gasteiger charge is 2.64. The molecule has 0 aromatic heterocycles. The molecule has 0 heterocycles. The van der Waals surface area contributed by atoms with E-state index in [-0.39, 0.29) is 19.4 Å². The van der Waals surface area contributed by atoms with E-state index in [1.165, 1.54) is 0 Å². The maximum Gasteiger partial charge on any atom is 0.338 e. The Morgan fingerprint density at radius 2 is 1.37 bits per heavy atom. The third-order valence-corrected chi connectivity index (χ3v) is 7.92. The molecule has 10 nitrogen and oxygen atoms in total. The maximum atomic E-state index is 13.1. The van der Waals surface area contributed by atoms with Crippen LogP contribution in [0.25, 0.3) is 10.8 Å². The van der Waals surface area contributed by atoms with E-state index in [4.69, 9.17) is 27.9 Å². The topological polar surface area (TPSA) is 167 Å². The second-order valence-corrected chi connectivity index (χ2v) is 10.6. The number of carbonyl (C=O) groups is 5. The average molecular weight is 602 g/mol. The summed E-state index contributed by atoms with van der Waals surface area (Å²) in [7, 11) is 0. The minimum atomic E-state index is -1.73. The zero-order valence-electron chi connectivity index (χ0n) is 21.3. The van der Waals surface area contributed by atoms with Crippen LogP contribution >= 0.6 is 23.2 Å². The van der Waals surface area contributed by atoms with Gasteiger partial charge in [-0.1, -0.05) is 59.6 Å². The molecule has 0 saturated heterocycles. The quantitative estimate of drug-likeness (QED) is 0.236. The monoisotopic (exact) mass is 601 g/mol. The molecular formula is C29H25Cl2NO9. The number of amides is 1. The van der Waals surface area contributed by atoms with Crippen LogP contribution < -0.4 is 5.32 Å². The molecule has 3 atom stereocenters. The van der Waals surface area contributed by atoms with Gasteiger partial charge in [-0.2, -0.15) is 0 Å². The SMILES string of the molecule is O=C(OC(CCNC(=O)C1C(C(=O)O)C(C(=O)O)C1C(=O)O)Cc1ccc(Cl)c(Cl)c1)c1ccc2ccccc2c1. The number of fused-ring (bicyclic) bond motifs is 1. The summed E-state index contributed by atoms with van der Waals surface area (Å²) >= 11 is 12.1. The molecule has 0 spiro atoms. The molecule has 41 heavy (non-hydrogen) atoms. The molecule has 214 valence electrons. The average Bonchev–Trinajstić information content (AvgIpc) is 2.89. The third-order valence-electron chi connectivity index (χ3n) is 7.18. The fourth-order valence-corrected chi connectivity index (χ4v) is 5.46. The van der Waals surface area contributed by atoms with Gasteiger partial charge in [-0.15, -0.1) is 0 Å². The van der Waals surface area contributed by atoms with Crippen LogP contribution in [0.1, 0.15) is 22.3 Å². The van der Waals surface area contributed by atoms with Crippen molar-refractivity contribution < 1.29 is 44.0 Å². The molecule has 1 fully saturated rings. The van der Waals surface area contributed by atoms with Crippen molar-refractivity contribution in [3.05, 3.63) is 81.8 Å². The van der Waals surface area contributed by atoms with Gasteiger partial charge in [0.15, 0.2) is 0 Å². The molecule has 0 bridgehead atoms. The second kappa shape index (κ2) is 12.6. The molecule has 4 rings (SSSR count). The van der Waals surface area contributed by atoms with Crippen molar-refractivity contribution >= 4 is 63.8 Å². The normalized spacial score (nSPS) is 20.4. The van der Waals surface area contributed by atoms with Crippen molar-refractivity contribution in [1.82, 2.24) is 5.32 Å². The molecule has 1 aliphatic rings. The first kappa shape index (κ1) is 29.8. The number of carbonyl (C=O) groups excluding carboxylic acids is 2. The van der Waals surface area contributed by atoms with E-state index in [0.29, 0.717) is 21.2 Å². The van der Waals surface area contributed by atoms with E-state index in [1.54, 1.807) is 36.4 Å². The number of nitrogens with one attached hydrogen (secondary N) is 1. The van der Waals surface area contributed by atoms with Crippen molar-refractivity contribution in [2.45, 2.75) is 18.9 Å². The number of carboxylic acid groups (broad SMARTS) is 3. The Bertz CT molecular complexity index is 1500. The van der Waals surface area contributed by atoms with E-state index in [9.17, 15) is 39.3 Å². The van der Waals surface area contributed by atoms with Crippen molar-refractivity contribution in [1.29, 1.82) is 0 Å². The molecule has 1 amide bonds. The number of aliphatic carboxylic acids is 3. The Hall–Kier alpha value is -4.15. The summed E-state index contributed by atoms with van der Waals surface area (Å²) in [6.45, 7) is -0.108. The van der Waals surface area contributed by atoms with E-state index >= 15 is 0 Å². The number of hydrogen-bond acceptors (Lipinski definition) is 6. The summed E-state index contributed by atoms with van der Waals surface area (Å²) in [4.78, 5) is 60.7. The number of ether oxygens (including phenoxy) is 1. The summed E-state index contributed by atoms with van der Waals surface area (Å²) in [6, 6.07) is 17.5. The molecule has 0 radical (unpaired) electrons. The second-order valence-electron chi connectivity index (χ2n) is 9.74. The molecule has 0 aliphatic heterocycles. The summed E-state index contributed by atoms with van der Waals surface area (Å²) in [5.74, 6) is -12.9. The highest BCUT2D eigenvalue weighted by Crippen LogP contribution is 2.47. The largest absolute Gasteiger partial charge is 0.481 e. The van der Waals surface area contributed by atoms with Gasteiger partial charge in [-0.3, -0.25) is 19.2 Å². The number of benzene rings is 3. The van der Waals surface area contributed by atoms with Gasteiger partial charge >= 0.3 is 23.9 Å². The van der Waals surface area contributed by atoms with Crippen molar-refractivity contribution in [3.8, 4) is 0 Å². The Balaban J connectivity index is 1.48. The van der Waals surface area contributed by atoms with Crippen LogP contribution in [-0.2, 0) is 30.3 Å². The van der Waals surface area contributed by atoms with E-state index in [2.05, 4.69) is 5.32 Å². The Kier molecular flexibility index (Phi) is 9.14. The minimum Gasteiger partial charge on any atom is -0.481 e. The summed E-state index contributed by atoms with van der Waals surface area (Å²) in [6.07, 6.45) is -0.493. The van der Waals surface area contributed by atoms with E-state index < -0.39 is 59.6 Å². The van der Waals surface area contributed by atoms with Crippen LogP contribution in [0.4, 0.5) is 0 Å². The summed E-state index contributed by atoms with van der Waals surface area (Å²) in [5, 5.41) is 33.1. The minimum absolute atomic E-state index is 0.0792. The number of halogens is 2. The summed E-state index contributed by atoms with van der Waals surface area (Å²) < 4.78 is 5.78. The maximum absolute atomic E-state index is 13.1. The lowest BCUT2D eigenvalue weighted by Crippen LogP contribution is -2.62. The Morgan fingerprint density at radius 3 is 1.98 bits per heavy atom. The highest BCUT2D eigenvalue weighted by molar-refractivity contribution is 6.42. The number of carboxylic acids is 3. The number of rotatable bonds is 11. The van der Waals surface area contributed by atoms with Crippen molar-refractivity contribution in [3.63, 3.8) is 0 Å². The van der Waals surface area contributed by atoms with Gasteiger partial charge in [0, 0.05) is 19.4 Å². The predicted molar refractivity (Wildman–Crippen MR) is 148 cm³/mol. The fourth-order valence-electron chi connectivity index (χ4n) is 5.14. The molecule has 3 aromatic rings. The van der Waals surface area contributed by atoms with E-state index in [1.807, 2.05) is 24.3 Å². The molecule has 12 heteroatoms. The van der Waals surface area contributed by atoms with Gasteiger partial charge in [-0.05, 0) is 40.6 Å². The smallest absolute Gasteiger partial charge is 0.338 e. The first-order chi connectivity index (χ1) is 19.5. The molecule has 1 aliphatic carbocycles. The number of hydrogen-bond donors (Lipinski definition) is 4. The van der Waals surface area contributed by atoms with Gasteiger partial charge < -0.3 is 25.4 Å². The van der Waals surface area contributed by atoms with Crippen LogP contribution in [0.5, 0.6) is 0 Å². The third kappa shape index (κ3) is 6.61. The molecular weight excluding hydrogens is 577 g/mol. The number of esters is 1. The van der Waals surface area contributed by atoms with Gasteiger partial charge in [0.05, 0.1) is 39.3 Å². The zero-order chi connectivity index (χ0) is 29.8. The predicted octanol–water partition coefficient (Wildman–Crippen LogP) is 4.15. The van der Waals surface area contributed by atoms with Crippen LogP contribution in [0, 0.1) is 23.7 Å². The highest BCUT2D eigenvalue weighted by atomic mass is 35.5. The zero-order valence-corrected chi connectivity index (χ0v) is 22.8. The van der Waals surface area contributed by atoms with Gasteiger partial charge in [0.25, 0.3) is 0 Å². The fraction of sp³-hybridized carbons (Fsp3) is 0.276. The van der Waals surface area contributed by atoms with Crippen molar-refractivity contribution in [2.24, 2.45) is 23.7 Å². The lowest BCUT2D eigenvalue weighted by atomic mass is 9.56. The van der Waals surface area contributed by atoms with Crippen LogP contribution in [0.15, 0.2) is 60.7 Å². The lowest BCUT2D eigenvalue weighted by Gasteiger charge is -2.43. The lowest BCUT2D eigenvalue weighted by molar-refractivity contribution is -0.187. The van der Waals surface area contributed by atoms with Gasteiger partial charge in [0.2, 0.25) is 5.91 Å². The first-order valence-corrected chi connectivity index (χ1v) is 13.3. The molecule has 1 saturated carbocycles. The van der Waals surface area contributed by atoms with Crippen LogP contribution in [0.2, 0.25) is 10.0 Å². The van der Waals surface area contributed by atoms with Crippen LogP contribution in [0.3, 0.4) is 0 Å². The van der Waals surface area contributed by atoms with Gasteiger partial charge in [0.1, 0.15) is 6.10 Å². The molecule has 3 aromatic carbocycles.